The van der Waals surface area contributed by atoms with E-state index in [9.17, 15) is 14.4 Å². The van der Waals surface area contributed by atoms with Crippen LogP contribution in [0.5, 0.6) is 0 Å². The number of Topliss-reactive ketones (excluding diaryl/α,β-unsaturated/α-hetero) is 2. The van der Waals surface area contributed by atoms with E-state index in [1.807, 2.05) is 6.92 Å². The number of carbonyl (C=O) groups is 3. The molecular formula is C20H18O6. The number of carbonyl (C=O) groups excluding carboxylic acids is 3. The summed E-state index contributed by atoms with van der Waals surface area (Å²) in [5.74, 6) is -2.25. The molecule has 2 saturated heterocycles. The number of benzene rings is 1. The smallest absolute Gasteiger partial charge is 0.309 e. The number of esters is 1. The van der Waals surface area contributed by atoms with Gasteiger partial charge in [-0.3, -0.25) is 14.4 Å². The third-order valence-corrected chi connectivity index (χ3v) is 5.64. The van der Waals surface area contributed by atoms with Crippen molar-refractivity contribution in [2.24, 2.45) is 0 Å². The van der Waals surface area contributed by atoms with Crippen molar-refractivity contribution < 1.29 is 28.6 Å². The van der Waals surface area contributed by atoms with Crippen LogP contribution in [0.3, 0.4) is 0 Å². The Morgan fingerprint density at radius 1 is 1.04 bits per heavy atom. The van der Waals surface area contributed by atoms with Gasteiger partial charge in [-0.2, -0.15) is 0 Å². The second-order valence-electron chi connectivity index (χ2n) is 7.34. The molecule has 1 aromatic rings. The molecule has 1 aromatic carbocycles. The molecule has 5 rings (SSSR count). The summed E-state index contributed by atoms with van der Waals surface area (Å²) in [6.45, 7) is 1.93. The zero-order valence-corrected chi connectivity index (χ0v) is 14.3. The lowest BCUT2D eigenvalue weighted by atomic mass is 9.74. The molecule has 134 valence electrons. The fraction of sp³-hybridized carbons (Fsp3) is 0.450. The van der Waals surface area contributed by atoms with Crippen LogP contribution in [0.1, 0.15) is 53.3 Å². The van der Waals surface area contributed by atoms with E-state index in [0.29, 0.717) is 17.5 Å². The molecular weight excluding hydrogens is 336 g/mol. The summed E-state index contributed by atoms with van der Waals surface area (Å²) in [6.07, 6.45) is 0.664. The lowest BCUT2D eigenvalue weighted by molar-refractivity contribution is -0.280. The highest BCUT2D eigenvalue weighted by atomic mass is 16.7. The molecule has 0 radical (unpaired) electrons. The first kappa shape index (κ1) is 15.9. The summed E-state index contributed by atoms with van der Waals surface area (Å²) < 4.78 is 17.7. The molecule has 4 atom stereocenters. The minimum atomic E-state index is -1.28. The van der Waals surface area contributed by atoms with Crippen LogP contribution in [0.4, 0.5) is 0 Å². The molecule has 0 saturated carbocycles. The second kappa shape index (κ2) is 5.34. The maximum Gasteiger partial charge on any atom is 0.309 e. The molecule has 3 unspecified atom stereocenters. The molecule has 6 nitrogen and oxygen atoms in total. The quantitative estimate of drug-likeness (QED) is 0.666. The lowest BCUT2D eigenvalue weighted by Crippen LogP contribution is -2.56. The molecule has 1 aliphatic carbocycles. The summed E-state index contributed by atoms with van der Waals surface area (Å²) in [5.41, 5.74) is 1.16. The number of hydrogen-bond acceptors (Lipinski definition) is 6. The largest absolute Gasteiger partial charge is 0.454 e. The lowest BCUT2D eigenvalue weighted by Gasteiger charge is -2.47. The fourth-order valence-electron chi connectivity index (χ4n) is 4.57. The Labute approximate surface area is 150 Å². The van der Waals surface area contributed by atoms with E-state index in [0.717, 1.165) is 12.8 Å². The topological polar surface area (TPSA) is 78.9 Å². The van der Waals surface area contributed by atoms with Crippen LogP contribution < -0.4 is 0 Å². The number of rotatable bonds is 0. The van der Waals surface area contributed by atoms with E-state index in [-0.39, 0.29) is 35.2 Å². The predicted octanol–water partition coefficient (Wildman–Crippen LogP) is 2.36. The number of fused-ring (bicyclic) bond motifs is 4. The van der Waals surface area contributed by atoms with E-state index in [1.54, 1.807) is 24.3 Å². The van der Waals surface area contributed by atoms with Crippen molar-refractivity contribution in [3.8, 4) is 0 Å². The Bertz CT molecular complexity index is 884. The van der Waals surface area contributed by atoms with Crippen LogP contribution in [0.2, 0.25) is 0 Å². The molecule has 4 aliphatic rings. The van der Waals surface area contributed by atoms with Crippen molar-refractivity contribution in [3.05, 3.63) is 46.5 Å². The standard InChI is InChI=1S/C20H18O6/c1-10-5-4-8-20(25-10)16-15(19-13(26-20)9-14(21)24-19)17(22)11-6-2-3-7-12(11)18(16)23/h2-3,6-7,10,13,19H,4-5,8-9H2,1H3/t10-,13?,19?,20?/m0/s1. The Balaban J connectivity index is 1.75. The van der Waals surface area contributed by atoms with Crippen molar-refractivity contribution in [3.63, 3.8) is 0 Å². The van der Waals surface area contributed by atoms with Gasteiger partial charge >= 0.3 is 5.97 Å². The molecule has 0 amide bonds. The highest BCUT2D eigenvalue weighted by molar-refractivity contribution is 6.28. The third-order valence-electron chi connectivity index (χ3n) is 5.64. The van der Waals surface area contributed by atoms with Crippen LogP contribution in [-0.2, 0) is 19.0 Å². The van der Waals surface area contributed by atoms with Crippen molar-refractivity contribution >= 4 is 17.5 Å². The van der Waals surface area contributed by atoms with Gasteiger partial charge in [0.15, 0.2) is 23.5 Å². The first-order valence-corrected chi connectivity index (χ1v) is 8.98. The fourth-order valence-corrected chi connectivity index (χ4v) is 4.57. The first-order chi connectivity index (χ1) is 12.5. The summed E-state index contributed by atoms with van der Waals surface area (Å²) in [6, 6.07) is 6.74. The van der Waals surface area contributed by atoms with Crippen molar-refractivity contribution in [1.82, 2.24) is 0 Å². The molecule has 0 N–H and O–H groups in total. The van der Waals surface area contributed by atoms with Gasteiger partial charge in [-0.15, -0.1) is 0 Å². The van der Waals surface area contributed by atoms with Gasteiger partial charge < -0.3 is 14.2 Å². The molecule has 3 aliphatic heterocycles. The van der Waals surface area contributed by atoms with Gasteiger partial charge in [0.2, 0.25) is 0 Å². The van der Waals surface area contributed by atoms with Gasteiger partial charge in [0.25, 0.3) is 0 Å². The summed E-state index contributed by atoms with van der Waals surface area (Å²) >= 11 is 0. The average molecular weight is 354 g/mol. The summed E-state index contributed by atoms with van der Waals surface area (Å²) in [7, 11) is 0. The summed E-state index contributed by atoms with van der Waals surface area (Å²) in [5, 5.41) is 0. The highest BCUT2D eigenvalue weighted by Gasteiger charge is 2.59. The van der Waals surface area contributed by atoms with Gasteiger partial charge in [0.05, 0.1) is 23.7 Å². The van der Waals surface area contributed by atoms with E-state index < -0.39 is 24.0 Å². The third kappa shape index (κ3) is 2.03. The van der Waals surface area contributed by atoms with E-state index >= 15 is 0 Å². The molecule has 6 heteroatoms. The van der Waals surface area contributed by atoms with Gasteiger partial charge in [-0.25, -0.2) is 0 Å². The molecule has 26 heavy (non-hydrogen) atoms. The van der Waals surface area contributed by atoms with Crippen molar-refractivity contribution in [2.45, 2.75) is 56.7 Å². The minimum Gasteiger partial charge on any atom is -0.454 e. The van der Waals surface area contributed by atoms with Gasteiger partial charge in [-0.05, 0) is 19.8 Å². The SMILES string of the molecule is C[C@H]1CCCC2(OC3CC(=O)OC3C3=C2C(=O)c2ccccc2C3=O)O1. The normalized spacial score (nSPS) is 35.9. The van der Waals surface area contributed by atoms with Gasteiger partial charge in [-0.1, -0.05) is 24.3 Å². The number of ether oxygens (including phenoxy) is 3. The Morgan fingerprint density at radius 3 is 2.50 bits per heavy atom. The van der Waals surface area contributed by atoms with Gasteiger partial charge in [0.1, 0.15) is 6.10 Å². The Hall–Kier alpha value is -2.31. The Morgan fingerprint density at radius 2 is 1.77 bits per heavy atom. The van der Waals surface area contributed by atoms with Crippen LogP contribution in [0.15, 0.2) is 35.4 Å². The van der Waals surface area contributed by atoms with Gasteiger partial charge in [0, 0.05) is 17.5 Å². The second-order valence-corrected chi connectivity index (χ2v) is 7.34. The number of ketones is 2. The molecule has 0 aromatic heterocycles. The molecule has 0 bridgehead atoms. The zero-order chi connectivity index (χ0) is 18.1. The zero-order valence-electron chi connectivity index (χ0n) is 14.3. The maximum atomic E-state index is 13.3. The maximum absolute atomic E-state index is 13.3. The average Bonchev–Trinajstić information content (AvgIpc) is 2.98. The monoisotopic (exact) mass is 354 g/mol. The van der Waals surface area contributed by atoms with Crippen molar-refractivity contribution in [2.75, 3.05) is 0 Å². The number of hydrogen-bond donors (Lipinski definition) is 0. The minimum absolute atomic E-state index is 0.0596. The Kier molecular flexibility index (Phi) is 3.27. The van der Waals surface area contributed by atoms with Crippen LogP contribution in [0, 0.1) is 0 Å². The highest BCUT2D eigenvalue weighted by Crippen LogP contribution is 2.49. The molecule has 3 heterocycles. The van der Waals surface area contributed by atoms with E-state index in [4.69, 9.17) is 14.2 Å². The predicted molar refractivity (Wildman–Crippen MR) is 88.6 cm³/mol. The van der Waals surface area contributed by atoms with Crippen LogP contribution in [-0.4, -0.2) is 41.6 Å². The first-order valence-electron chi connectivity index (χ1n) is 8.98. The van der Waals surface area contributed by atoms with Crippen LogP contribution in [0.25, 0.3) is 0 Å². The molecule has 1 spiro atoms. The van der Waals surface area contributed by atoms with Crippen molar-refractivity contribution in [1.29, 1.82) is 0 Å². The van der Waals surface area contributed by atoms with Crippen LogP contribution >= 0.6 is 0 Å². The molecule has 2 fully saturated rings. The van der Waals surface area contributed by atoms with E-state index in [1.165, 1.54) is 0 Å². The summed E-state index contributed by atoms with van der Waals surface area (Å²) in [4.78, 5) is 38.5. The van der Waals surface area contributed by atoms with E-state index in [2.05, 4.69) is 0 Å².